The molecule has 1 N–H and O–H groups in total. The molecule has 3 aromatic rings. The third-order valence-corrected chi connectivity index (χ3v) is 5.39. The molecule has 0 aliphatic heterocycles. The van der Waals surface area contributed by atoms with Crippen molar-refractivity contribution in [1.29, 1.82) is 0 Å². The fourth-order valence-corrected chi connectivity index (χ4v) is 3.75. The molecule has 0 radical (unpaired) electrons. The quantitative estimate of drug-likeness (QED) is 0.452. The summed E-state index contributed by atoms with van der Waals surface area (Å²) in [4.78, 5) is 42.3. The summed E-state index contributed by atoms with van der Waals surface area (Å²) in [5.41, 5.74) is 0.740. The van der Waals surface area contributed by atoms with Crippen molar-refractivity contribution < 1.29 is 14.3 Å². The second kappa shape index (κ2) is 9.47. The normalized spacial score (nSPS) is 11.9. The maximum Gasteiger partial charge on any atom is 0.339 e. The molecular formula is C21H23N3O4S. The lowest BCUT2D eigenvalue weighted by Gasteiger charge is -2.14. The molecule has 1 unspecified atom stereocenters. The van der Waals surface area contributed by atoms with Crippen LogP contribution in [0.25, 0.3) is 10.2 Å². The minimum atomic E-state index is -0.538. The van der Waals surface area contributed by atoms with Crippen LogP contribution in [0.5, 0.6) is 0 Å². The summed E-state index contributed by atoms with van der Waals surface area (Å²) in [5, 5.41) is 4.65. The van der Waals surface area contributed by atoms with Crippen LogP contribution in [0.15, 0.2) is 46.8 Å². The molecule has 0 saturated carbocycles. The second-order valence-electron chi connectivity index (χ2n) is 6.70. The van der Waals surface area contributed by atoms with Crippen molar-refractivity contribution in [1.82, 2.24) is 14.9 Å². The summed E-state index contributed by atoms with van der Waals surface area (Å²) in [6, 6.07) is 9.36. The van der Waals surface area contributed by atoms with Crippen molar-refractivity contribution >= 4 is 33.4 Å². The zero-order valence-electron chi connectivity index (χ0n) is 16.4. The molecule has 0 aliphatic carbocycles. The number of benzene rings is 1. The first-order valence-corrected chi connectivity index (χ1v) is 10.4. The van der Waals surface area contributed by atoms with Gasteiger partial charge in [0.2, 0.25) is 5.91 Å². The fourth-order valence-electron chi connectivity index (χ4n) is 2.88. The highest BCUT2D eigenvalue weighted by Crippen LogP contribution is 2.21. The topological polar surface area (TPSA) is 90.3 Å². The van der Waals surface area contributed by atoms with Gasteiger partial charge in [0.05, 0.1) is 29.9 Å². The number of nitrogens with one attached hydrogen (secondary N) is 1. The molecule has 1 atom stereocenters. The number of esters is 1. The van der Waals surface area contributed by atoms with Crippen LogP contribution in [0.4, 0.5) is 0 Å². The number of hydrogen-bond donors (Lipinski definition) is 1. The van der Waals surface area contributed by atoms with Crippen LogP contribution in [-0.4, -0.2) is 28.0 Å². The van der Waals surface area contributed by atoms with E-state index in [1.165, 1.54) is 22.2 Å². The Hall–Kier alpha value is -3.00. The number of ether oxygens (including phenoxy) is 1. The maximum absolute atomic E-state index is 12.9. The molecule has 8 heteroatoms. The average Bonchev–Trinajstić information content (AvgIpc) is 3.16. The molecule has 0 spiro atoms. The maximum atomic E-state index is 12.9. The average molecular weight is 413 g/mol. The first kappa shape index (κ1) is 20.7. The van der Waals surface area contributed by atoms with Crippen molar-refractivity contribution in [2.45, 2.75) is 39.3 Å². The summed E-state index contributed by atoms with van der Waals surface area (Å²) < 4.78 is 6.44. The Balaban J connectivity index is 1.77. The van der Waals surface area contributed by atoms with Gasteiger partial charge in [0, 0.05) is 5.38 Å². The third-order valence-electron chi connectivity index (χ3n) is 4.50. The largest absolute Gasteiger partial charge is 0.462 e. The van der Waals surface area contributed by atoms with Crippen LogP contribution < -0.4 is 10.9 Å². The Morgan fingerprint density at radius 2 is 2.03 bits per heavy atom. The fraction of sp³-hybridized carbons (Fsp3) is 0.333. The molecule has 1 amide bonds. The molecule has 0 saturated heterocycles. The van der Waals surface area contributed by atoms with Gasteiger partial charge in [0.15, 0.2) is 0 Å². The lowest BCUT2D eigenvalue weighted by atomic mass is 10.1. The minimum Gasteiger partial charge on any atom is -0.462 e. The molecule has 3 rings (SSSR count). The first-order valence-electron chi connectivity index (χ1n) is 9.49. The Morgan fingerprint density at radius 3 is 2.76 bits per heavy atom. The first-order chi connectivity index (χ1) is 14.0. The Bertz CT molecular complexity index is 1060. The van der Waals surface area contributed by atoms with Gasteiger partial charge in [0.25, 0.3) is 5.56 Å². The van der Waals surface area contributed by atoms with Crippen molar-refractivity contribution in [3.05, 3.63) is 63.5 Å². The smallest absolute Gasteiger partial charge is 0.339 e. The molecule has 2 aromatic heterocycles. The molecule has 0 fully saturated rings. The van der Waals surface area contributed by atoms with Crippen molar-refractivity contribution in [3.8, 4) is 0 Å². The predicted molar refractivity (Wildman–Crippen MR) is 112 cm³/mol. The van der Waals surface area contributed by atoms with Crippen LogP contribution in [0.3, 0.4) is 0 Å². The summed E-state index contributed by atoms with van der Waals surface area (Å²) >= 11 is 1.21. The number of carbonyl (C=O) groups is 2. The molecule has 2 heterocycles. The van der Waals surface area contributed by atoms with Gasteiger partial charge in [-0.1, -0.05) is 43.7 Å². The highest BCUT2D eigenvalue weighted by atomic mass is 32.1. The van der Waals surface area contributed by atoms with E-state index in [1.807, 2.05) is 44.2 Å². The van der Waals surface area contributed by atoms with Gasteiger partial charge in [-0.3, -0.25) is 14.2 Å². The van der Waals surface area contributed by atoms with E-state index in [-0.39, 0.29) is 29.4 Å². The van der Waals surface area contributed by atoms with Crippen LogP contribution in [0.1, 0.15) is 48.7 Å². The number of aromatic nitrogens is 2. The van der Waals surface area contributed by atoms with Crippen LogP contribution >= 0.6 is 11.3 Å². The van der Waals surface area contributed by atoms with Gasteiger partial charge in [-0.15, -0.1) is 11.3 Å². The Kier molecular flexibility index (Phi) is 6.77. The Morgan fingerprint density at radius 1 is 1.28 bits per heavy atom. The number of amides is 1. The van der Waals surface area contributed by atoms with Crippen molar-refractivity contribution in [2.24, 2.45) is 0 Å². The van der Waals surface area contributed by atoms with Crippen molar-refractivity contribution in [2.75, 3.05) is 6.61 Å². The summed E-state index contributed by atoms with van der Waals surface area (Å²) in [5.74, 6) is -0.851. The lowest BCUT2D eigenvalue weighted by molar-refractivity contribution is -0.122. The summed E-state index contributed by atoms with van der Waals surface area (Å²) in [7, 11) is 0. The number of carbonyl (C=O) groups excluding carboxylic acids is 2. The van der Waals surface area contributed by atoms with E-state index in [1.54, 1.807) is 5.38 Å². The molecule has 29 heavy (non-hydrogen) atoms. The van der Waals surface area contributed by atoms with E-state index in [0.717, 1.165) is 18.4 Å². The molecule has 1 aromatic carbocycles. The molecular weight excluding hydrogens is 390 g/mol. The number of rotatable bonds is 8. The predicted octanol–water partition coefficient (Wildman–Crippen LogP) is 3.29. The van der Waals surface area contributed by atoms with Gasteiger partial charge in [-0.25, -0.2) is 9.78 Å². The number of thiophene rings is 1. The zero-order chi connectivity index (χ0) is 20.8. The highest BCUT2D eigenvalue weighted by molar-refractivity contribution is 7.17. The van der Waals surface area contributed by atoms with E-state index >= 15 is 0 Å². The summed E-state index contributed by atoms with van der Waals surface area (Å²) in [6.07, 6.45) is 3.00. The van der Waals surface area contributed by atoms with E-state index in [4.69, 9.17) is 4.74 Å². The van der Waals surface area contributed by atoms with Gasteiger partial charge >= 0.3 is 5.97 Å². The zero-order valence-corrected chi connectivity index (χ0v) is 17.2. The SMILES string of the molecule is CCCCOC(=O)c1csc2ncn(CC(=O)NC(C)c3ccccc3)c(=O)c12. The molecule has 152 valence electrons. The van der Waals surface area contributed by atoms with Gasteiger partial charge in [0.1, 0.15) is 11.4 Å². The molecule has 0 aliphatic rings. The number of fused-ring (bicyclic) bond motifs is 1. The number of nitrogens with zero attached hydrogens (tertiary/aromatic N) is 2. The van der Waals surface area contributed by atoms with E-state index < -0.39 is 11.5 Å². The van der Waals surface area contributed by atoms with Crippen LogP contribution in [0.2, 0.25) is 0 Å². The van der Waals surface area contributed by atoms with Crippen molar-refractivity contribution in [3.63, 3.8) is 0 Å². The lowest BCUT2D eigenvalue weighted by Crippen LogP contribution is -2.34. The third kappa shape index (κ3) is 4.89. The monoisotopic (exact) mass is 413 g/mol. The second-order valence-corrected chi connectivity index (χ2v) is 7.55. The van der Waals surface area contributed by atoms with Crippen LogP contribution in [0, 0.1) is 0 Å². The standard InChI is InChI=1S/C21H23N3O4S/c1-3-4-10-28-21(27)16-12-29-19-18(16)20(26)24(13-22-19)11-17(25)23-14(2)15-8-6-5-7-9-15/h5-9,12-14H,3-4,10-11H2,1-2H3,(H,23,25). The Labute approximate surface area is 172 Å². The highest BCUT2D eigenvalue weighted by Gasteiger charge is 2.19. The summed E-state index contributed by atoms with van der Waals surface area (Å²) in [6.45, 7) is 4.00. The van der Waals surface area contributed by atoms with Gasteiger partial charge in [-0.05, 0) is 18.9 Å². The molecule has 0 bridgehead atoms. The minimum absolute atomic E-state index is 0.181. The van der Waals surface area contributed by atoms with E-state index in [2.05, 4.69) is 10.3 Å². The van der Waals surface area contributed by atoms with E-state index in [0.29, 0.717) is 11.4 Å². The van der Waals surface area contributed by atoms with Gasteiger partial charge < -0.3 is 10.1 Å². The van der Waals surface area contributed by atoms with Crippen LogP contribution in [-0.2, 0) is 16.1 Å². The van der Waals surface area contributed by atoms with Gasteiger partial charge in [-0.2, -0.15) is 0 Å². The number of hydrogen-bond acceptors (Lipinski definition) is 6. The van der Waals surface area contributed by atoms with E-state index in [9.17, 15) is 14.4 Å². The molecule has 7 nitrogen and oxygen atoms in total. The number of unbranched alkanes of at least 4 members (excludes halogenated alkanes) is 1.